The number of oxime groups is 1. The van der Waals surface area contributed by atoms with Crippen molar-refractivity contribution < 1.29 is 44.4 Å². The number of thiazole rings is 1. The van der Waals surface area contributed by atoms with Crippen LogP contribution in [0.4, 0.5) is 16.9 Å². The number of carboxylic acid groups (broad SMARTS) is 2. The number of nitrogens with zero attached hydrogens (tertiary/aromatic N) is 5. The molecule has 11 N–H and O–H groups in total. The maximum Gasteiger partial charge on any atom is 0.352 e. The highest BCUT2D eigenvalue weighted by Crippen LogP contribution is 2.41. The first-order valence-electron chi connectivity index (χ1n) is 12.8. The van der Waals surface area contributed by atoms with Crippen LogP contribution in [0, 0.1) is 0 Å². The lowest BCUT2D eigenvalue weighted by atomic mass is 10.0. The van der Waals surface area contributed by atoms with E-state index >= 15 is 0 Å². The van der Waals surface area contributed by atoms with E-state index in [2.05, 4.69) is 25.4 Å². The number of phenols is 2. The number of aromatic hydroxyl groups is 2. The van der Waals surface area contributed by atoms with Gasteiger partial charge in [-0.15, -0.1) is 34.9 Å². The van der Waals surface area contributed by atoms with Crippen LogP contribution in [0.25, 0.3) is 0 Å². The van der Waals surface area contributed by atoms with Crippen LogP contribution in [0.2, 0.25) is 0 Å². The number of β-lactam (4-membered cyclic amide) rings is 1. The van der Waals surface area contributed by atoms with Gasteiger partial charge >= 0.3 is 11.9 Å². The van der Waals surface area contributed by atoms with Crippen molar-refractivity contribution in [2.24, 2.45) is 5.16 Å². The van der Waals surface area contributed by atoms with Crippen LogP contribution in [0.15, 0.2) is 51.1 Å². The van der Waals surface area contributed by atoms with Gasteiger partial charge in [0.05, 0.1) is 0 Å². The van der Waals surface area contributed by atoms with Crippen LogP contribution in [-0.4, -0.2) is 92.7 Å². The Balaban J connectivity index is 1.35. The first kappa shape index (κ1) is 32.1. The van der Waals surface area contributed by atoms with Gasteiger partial charge in [-0.3, -0.25) is 14.5 Å². The molecule has 0 aliphatic carbocycles. The number of amides is 2. The summed E-state index contributed by atoms with van der Waals surface area (Å²) in [5, 5.41) is 46.3. The summed E-state index contributed by atoms with van der Waals surface area (Å²) in [6.45, 7) is 0. The molecule has 2 aliphatic heterocycles. The molecule has 3 aromatic rings. The highest BCUT2D eigenvalue weighted by atomic mass is 32.2. The Hall–Kier alpha value is -5.28. The molecule has 2 aliphatic rings. The van der Waals surface area contributed by atoms with Crippen LogP contribution in [-0.2, 0) is 24.0 Å². The molecule has 0 saturated carbocycles. The minimum Gasteiger partial charge on any atom is -0.504 e. The zero-order valence-corrected chi connectivity index (χ0v) is 25.5. The predicted molar refractivity (Wildman–Crippen MR) is 166 cm³/mol. The Kier molecular flexibility index (Phi) is 9.07. The molecule has 4 heterocycles. The number of rotatable bonds is 11. The molecular formula is C25H23N9O9S3. The van der Waals surface area contributed by atoms with Gasteiger partial charge in [0.15, 0.2) is 22.3 Å². The fraction of sp³-hybridized carbons (Fsp3) is 0.200. The van der Waals surface area contributed by atoms with Crippen LogP contribution in [0.1, 0.15) is 17.4 Å². The van der Waals surface area contributed by atoms with Crippen LogP contribution < -0.4 is 22.5 Å². The number of carbonyl (C=O) groups excluding carboxylic acids is 2. The lowest BCUT2D eigenvalue weighted by Crippen LogP contribution is -2.71. The molecule has 0 bridgehead atoms. The fourth-order valence-electron chi connectivity index (χ4n) is 4.36. The van der Waals surface area contributed by atoms with E-state index < -0.39 is 58.5 Å². The van der Waals surface area contributed by atoms with Crippen molar-refractivity contribution in [2.45, 2.75) is 22.5 Å². The maximum atomic E-state index is 13.4. The topological polar surface area (TPSA) is 303 Å². The monoisotopic (exact) mass is 689 g/mol. The Bertz CT molecular complexity index is 1800. The van der Waals surface area contributed by atoms with E-state index in [9.17, 15) is 39.6 Å². The second-order valence-corrected chi connectivity index (χ2v) is 12.5. The van der Waals surface area contributed by atoms with E-state index in [-0.39, 0.29) is 45.4 Å². The number of hydrogen-bond donors (Lipinski definition) is 8. The number of nitrogens with two attached hydrogens (primary N) is 3. The van der Waals surface area contributed by atoms with Crippen molar-refractivity contribution in [1.29, 1.82) is 0 Å². The first-order chi connectivity index (χ1) is 21.8. The Morgan fingerprint density at radius 1 is 1.13 bits per heavy atom. The minimum absolute atomic E-state index is 0.0451. The van der Waals surface area contributed by atoms with Gasteiger partial charge in [0, 0.05) is 28.5 Å². The molecule has 0 spiro atoms. The van der Waals surface area contributed by atoms with Crippen molar-refractivity contribution >= 4 is 81.2 Å². The molecule has 2 amide bonds. The standard InChI is InChI=1S/C25H23N9O9S3/c26-13-4-14(31-24(27)30-13)44-5-9-6-45-21-16(20(38)34(21)17(9)22(39)40)32-19(37)15(10-7-46-25(28)29-10)33-43-18(23(41)42)8-1-2-11(35)12(36)3-8/h1-4,7,16,18,21,35-36H,5-6H2,(H2,28,29)(H,32,37)(H,39,40)(H,41,42)(H4,26,27,30,31)/b33-15-/t16?,18?,21-/m0/s1. The number of nitrogens with one attached hydrogen (secondary N) is 1. The zero-order chi connectivity index (χ0) is 33.3. The first-order valence-corrected chi connectivity index (χ1v) is 15.7. The number of benzene rings is 1. The molecule has 1 fully saturated rings. The van der Waals surface area contributed by atoms with Crippen LogP contribution in [0.5, 0.6) is 11.5 Å². The molecule has 21 heteroatoms. The summed E-state index contributed by atoms with van der Waals surface area (Å²) < 4.78 is 0. The van der Waals surface area contributed by atoms with E-state index in [1.54, 1.807) is 0 Å². The minimum atomic E-state index is -1.82. The van der Waals surface area contributed by atoms with Gasteiger partial charge in [-0.05, 0) is 17.7 Å². The van der Waals surface area contributed by atoms with Crippen LogP contribution in [0.3, 0.4) is 0 Å². The maximum absolute atomic E-state index is 13.4. The summed E-state index contributed by atoms with van der Waals surface area (Å²) in [5.41, 5.74) is 16.5. The van der Waals surface area contributed by atoms with Crippen molar-refractivity contribution in [1.82, 2.24) is 25.2 Å². The summed E-state index contributed by atoms with van der Waals surface area (Å²) in [6, 6.07) is 3.47. The lowest BCUT2D eigenvalue weighted by Gasteiger charge is -2.49. The third kappa shape index (κ3) is 6.55. The molecule has 46 heavy (non-hydrogen) atoms. The third-order valence-corrected chi connectivity index (χ3v) is 9.44. The van der Waals surface area contributed by atoms with E-state index in [1.165, 1.54) is 29.3 Å². The van der Waals surface area contributed by atoms with Crippen molar-refractivity contribution in [3.63, 3.8) is 0 Å². The molecule has 2 unspecified atom stereocenters. The van der Waals surface area contributed by atoms with Crippen molar-refractivity contribution in [2.75, 3.05) is 28.7 Å². The number of anilines is 3. The molecule has 240 valence electrons. The molecule has 5 rings (SSSR count). The van der Waals surface area contributed by atoms with Gasteiger partial charge < -0.3 is 47.8 Å². The highest BCUT2D eigenvalue weighted by molar-refractivity contribution is 8.01. The quantitative estimate of drug-likeness (QED) is 0.0332. The average Bonchev–Trinajstić information content (AvgIpc) is 3.42. The largest absolute Gasteiger partial charge is 0.504 e. The summed E-state index contributed by atoms with van der Waals surface area (Å²) in [5.74, 6) is -5.22. The number of fused-ring (bicyclic) bond motifs is 1. The number of aliphatic carboxylic acids is 2. The second kappa shape index (κ2) is 13.0. The summed E-state index contributed by atoms with van der Waals surface area (Å²) >= 11 is 3.34. The normalized spacial score (nSPS) is 18.4. The van der Waals surface area contributed by atoms with E-state index in [4.69, 9.17) is 22.0 Å². The second-order valence-electron chi connectivity index (χ2n) is 9.48. The number of carbonyl (C=O) groups is 4. The number of hydrogen-bond acceptors (Lipinski definition) is 17. The Morgan fingerprint density at radius 3 is 2.52 bits per heavy atom. The van der Waals surface area contributed by atoms with E-state index in [0.717, 1.165) is 40.1 Å². The molecular weight excluding hydrogens is 667 g/mol. The molecule has 2 aromatic heterocycles. The van der Waals surface area contributed by atoms with Crippen molar-refractivity contribution in [3.05, 3.63) is 52.2 Å². The molecule has 18 nitrogen and oxygen atoms in total. The van der Waals surface area contributed by atoms with Crippen LogP contribution >= 0.6 is 34.9 Å². The highest BCUT2D eigenvalue weighted by Gasteiger charge is 2.54. The number of thioether (sulfide) groups is 2. The molecule has 1 aromatic carbocycles. The summed E-state index contributed by atoms with van der Waals surface area (Å²) in [7, 11) is 0. The SMILES string of the molecule is Nc1cc(SCC2=C(C(=O)O)N3C(=O)C(NC(=O)/C(=N\OC(C(=O)O)c4ccc(O)c(O)c4)c4csc(N)n4)[C@@H]3SC2)nc(N)n1. The fourth-order valence-corrected chi connectivity index (χ4v) is 7.30. The third-order valence-electron chi connectivity index (χ3n) is 6.43. The van der Waals surface area contributed by atoms with Gasteiger partial charge in [-0.1, -0.05) is 11.2 Å². The average molecular weight is 690 g/mol. The van der Waals surface area contributed by atoms with Gasteiger partial charge in [0.1, 0.15) is 33.7 Å². The Labute approximate surface area is 270 Å². The van der Waals surface area contributed by atoms with Gasteiger partial charge in [0.2, 0.25) is 12.1 Å². The summed E-state index contributed by atoms with van der Waals surface area (Å²) in [6.07, 6.45) is -1.82. The Morgan fingerprint density at radius 2 is 1.89 bits per heavy atom. The molecule has 0 radical (unpaired) electrons. The van der Waals surface area contributed by atoms with Gasteiger partial charge in [-0.25, -0.2) is 19.6 Å². The number of aromatic nitrogens is 3. The molecule has 3 atom stereocenters. The number of nitrogen functional groups attached to an aromatic ring is 3. The van der Waals surface area contributed by atoms with E-state index in [0.29, 0.717) is 10.6 Å². The molecule has 1 saturated heterocycles. The van der Waals surface area contributed by atoms with Gasteiger partial charge in [0.25, 0.3) is 11.8 Å². The van der Waals surface area contributed by atoms with Crippen molar-refractivity contribution in [3.8, 4) is 11.5 Å². The van der Waals surface area contributed by atoms with E-state index in [1.807, 2.05) is 0 Å². The predicted octanol–water partition coefficient (Wildman–Crippen LogP) is 0.168. The number of phenolic OH excluding ortho intramolecular Hbond substituents is 2. The summed E-state index contributed by atoms with van der Waals surface area (Å²) in [4.78, 5) is 68.9. The number of carboxylic acids is 2. The zero-order valence-electron chi connectivity index (χ0n) is 23.1. The lowest BCUT2D eigenvalue weighted by molar-refractivity contribution is -0.151. The smallest absolute Gasteiger partial charge is 0.352 e. The van der Waals surface area contributed by atoms with Gasteiger partial charge in [-0.2, -0.15) is 4.98 Å².